The summed E-state index contributed by atoms with van der Waals surface area (Å²) in [5.41, 5.74) is 5.54. The summed E-state index contributed by atoms with van der Waals surface area (Å²) in [5.74, 6) is 0.638. The molecule has 0 bridgehead atoms. The van der Waals surface area contributed by atoms with Gasteiger partial charge in [0.15, 0.2) is 0 Å². The summed E-state index contributed by atoms with van der Waals surface area (Å²) in [4.78, 5) is 2.50. The van der Waals surface area contributed by atoms with Crippen molar-refractivity contribution >= 4 is 11.4 Å². The lowest BCUT2D eigenvalue weighted by atomic mass is 9.97. The molecule has 0 saturated heterocycles. The van der Waals surface area contributed by atoms with Crippen molar-refractivity contribution in [2.75, 3.05) is 29.9 Å². The monoisotopic (exact) mass is 280 g/mol. The number of anilines is 2. The Bertz CT molecular complexity index is 606. The van der Waals surface area contributed by atoms with Crippen molar-refractivity contribution in [3.8, 4) is 0 Å². The fourth-order valence-electron chi connectivity index (χ4n) is 3.29. The Morgan fingerprint density at radius 2 is 1.86 bits per heavy atom. The zero-order chi connectivity index (χ0) is 14.7. The first kappa shape index (κ1) is 14.0. The minimum absolute atomic E-state index is 0.638. The first-order valence-corrected chi connectivity index (χ1v) is 7.93. The van der Waals surface area contributed by atoms with Crippen LogP contribution in [0, 0.1) is 6.92 Å². The highest BCUT2D eigenvalue weighted by molar-refractivity contribution is 5.58. The fourth-order valence-corrected chi connectivity index (χ4v) is 3.29. The van der Waals surface area contributed by atoms with Crippen LogP contribution in [0.3, 0.4) is 0 Å². The number of hydrogen-bond acceptors (Lipinski definition) is 2. The third-order valence-corrected chi connectivity index (χ3v) is 4.52. The van der Waals surface area contributed by atoms with Crippen LogP contribution in [-0.2, 0) is 0 Å². The number of rotatable bonds is 5. The van der Waals surface area contributed by atoms with E-state index in [0.29, 0.717) is 5.92 Å². The third-order valence-electron chi connectivity index (χ3n) is 4.52. The summed E-state index contributed by atoms with van der Waals surface area (Å²) < 4.78 is 0. The van der Waals surface area contributed by atoms with Gasteiger partial charge in [0.2, 0.25) is 0 Å². The van der Waals surface area contributed by atoms with Crippen LogP contribution in [-0.4, -0.2) is 19.6 Å². The molecule has 21 heavy (non-hydrogen) atoms. The van der Waals surface area contributed by atoms with E-state index in [4.69, 9.17) is 0 Å². The minimum atomic E-state index is 0.638. The van der Waals surface area contributed by atoms with Crippen LogP contribution in [0.2, 0.25) is 0 Å². The highest BCUT2D eigenvalue weighted by Gasteiger charge is 2.22. The van der Waals surface area contributed by atoms with Gasteiger partial charge in [-0.15, -0.1) is 0 Å². The second-order valence-electron chi connectivity index (χ2n) is 5.82. The van der Waals surface area contributed by atoms with Crippen LogP contribution in [0.4, 0.5) is 11.4 Å². The molecule has 2 aromatic rings. The zero-order valence-corrected chi connectivity index (χ0v) is 13.0. The van der Waals surface area contributed by atoms with E-state index in [1.54, 1.807) is 0 Å². The van der Waals surface area contributed by atoms with E-state index < -0.39 is 0 Å². The van der Waals surface area contributed by atoms with Gasteiger partial charge in [-0.3, -0.25) is 0 Å². The molecule has 0 aromatic heterocycles. The molecule has 0 aliphatic carbocycles. The Kier molecular flexibility index (Phi) is 4.14. The summed E-state index contributed by atoms with van der Waals surface area (Å²) in [6.07, 6.45) is 1.20. The molecular weight excluding hydrogens is 256 g/mol. The smallest absolute Gasteiger partial charge is 0.0395 e. The highest BCUT2D eigenvalue weighted by Crippen LogP contribution is 2.33. The standard InChI is InChI=1S/C19H24N2/c1-3-21(19-11-7-4-8-15(19)2)13-12-16-14-20-18-10-6-5-9-17(16)18/h4-11,16,20H,3,12-14H2,1-2H3. The number of aryl methyl sites for hydroxylation is 1. The molecule has 1 heterocycles. The predicted molar refractivity (Wildman–Crippen MR) is 91.4 cm³/mol. The lowest BCUT2D eigenvalue weighted by molar-refractivity contribution is 0.650. The molecule has 1 atom stereocenters. The quantitative estimate of drug-likeness (QED) is 0.872. The van der Waals surface area contributed by atoms with E-state index >= 15 is 0 Å². The highest BCUT2D eigenvalue weighted by atomic mass is 15.1. The third kappa shape index (κ3) is 2.90. The number of hydrogen-bond donors (Lipinski definition) is 1. The number of benzene rings is 2. The van der Waals surface area contributed by atoms with Crippen molar-refractivity contribution in [3.63, 3.8) is 0 Å². The van der Waals surface area contributed by atoms with Gasteiger partial charge in [0.25, 0.3) is 0 Å². The Balaban J connectivity index is 1.68. The molecule has 0 saturated carbocycles. The van der Waals surface area contributed by atoms with E-state index in [1.807, 2.05) is 0 Å². The minimum Gasteiger partial charge on any atom is -0.384 e. The second-order valence-corrected chi connectivity index (χ2v) is 5.82. The van der Waals surface area contributed by atoms with E-state index in [0.717, 1.165) is 19.6 Å². The van der Waals surface area contributed by atoms with Gasteiger partial charge in [0.1, 0.15) is 0 Å². The van der Waals surface area contributed by atoms with Crippen molar-refractivity contribution in [1.82, 2.24) is 0 Å². The molecule has 3 rings (SSSR count). The normalized spacial score (nSPS) is 16.4. The van der Waals surface area contributed by atoms with E-state index in [1.165, 1.54) is 28.9 Å². The number of para-hydroxylation sites is 2. The fraction of sp³-hybridized carbons (Fsp3) is 0.368. The molecule has 0 spiro atoms. The lowest BCUT2D eigenvalue weighted by Crippen LogP contribution is -2.26. The maximum Gasteiger partial charge on any atom is 0.0395 e. The molecule has 0 radical (unpaired) electrons. The Morgan fingerprint density at radius 3 is 2.67 bits per heavy atom. The Hall–Kier alpha value is -1.96. The Morgan fingerprint density at radius 1 is 1.10 bits per heavy atom. The van der Waals surface area contributed by atoms with Crippen LogP contribution in [0.1, 0.15) is 30.4 Å². The van der Waals surface area contributed by atoms with Gasteiger partial charge in [-0.1, -0.05) is 36.4 Å². The molecular formula is C19H24N2. The molecule has 1 unspecified atom stereocenters. The van der Waals surface area contributed by atoms with Crippen molar-refractivity contribution in [3.05, 3.63) is 59.7 Å². The summed E-state index contributed by atoms with van der Waals surface area (Å²) in [6, 6.07) is 17.4. The van der Waals surface area contributed by atoms with Gasteiger partial charge in [0.05, 0.1) is 0 Å². The molecule has 0 amide bonds. The average molecular weight is 280 g/mol. The van der Waals surface area contributed by atoms with Gasteiger partial charge >= 0.3 is 0 Å². The number of nitrogens with zero attached hydrogens (tertiary/aromatic N) is 1. The molecule has 2 aromatic carbocycles. The molecule has 2 nitrogen and oxygen atoms in total. The van der Waals surface area contributed by atoms with E-state index in [-0.39, 0.29) is 0 Å². The van der Waals surface area contributed by atoms with Gasteiger partial charge < -0.3 is 10.2 Å². The number of fused-ring (bicyclic) bond motifs is 1. The topological polar surface area (TPSA) is 15.3 Å². The van der Waals surface area contributed by atoms with Gasteiger partial charge in [-0.05, 0) is 43.5 Å². The maximum atomic E-state index is 3.52. The Labute approximate surface area is 127 Å². The second kappa shape index (κ2) is 6.21. The van der Waals surface area contributed by atoms with Gasteiger partial charge in [-0.2, -0.15) is 0 Å². The molecule has 110 valence electrons. The van der Waals surface area contributed by atoms with Crippen LogP contribution >= 0.6 is 0 Å². The van der Waals surface area contributed by atoms with Crippen molar-refractivity contribution in [2.24, 2.45) is 0 Å². The van der Waals surface area contributed by atoms with Crippen molar-refractivity contribution < 1.29 is 0 Å². The summed E-state index contributed by atoms with van der Waals surface area (Å²) >= 11 is 0. The summed E-state index contributed by atoms with van der Waals surface area (Å²) in [5, 5.41) is 3.52. The summed E-state index contributed by atoms with van der Waals surface area (Å²) in [7, 11) is 0. The predicted octanol–water partition coefficient (Wildman–Crippen LogP) is 4.42. The van der Waals surface area contributed by atoms with E-state index in [9.17, 15) is 0 Å². The number of nitrogens with one attached hydrogen (secondary N) is 1. The maximum absolute atomic E-state index is 3.52. The molecule has 1 aliphatic rings. The molecule has 0 fully saturated rings. The van der Waals surface area contributed by atoms with Gasteiger partial charge in [0, 0.05) is 36.9 Å². The van der Waals surface area contributed by atoms with Crippen molar-refractivity contribution in [1.29, 1.82) is 0 Å². The molecule has 2 heteroatoms. The van der Waals surface area contributed by atoms with E-state index in [2.05, 4.69) is 72.6 Å². The van der Waals surface area contributed by atoms with Crippen molar-refractivity contribution in [2.45, 2.75) is 26.2 Å². The SMILES string of the molecule is CCN(CCC1CNc2ccccc21)c1ccccc1C. The first-order chi connectivity index (χ1) is 10.3. The van der Waals surface area contributed by atoms with Crippen LogP contribution in [0.25, 0.3) is 0 Å². The average Bonchev–Trinajstić information content (AvgIpc) is 2.93. The lowest BCUT2D eigenvalue weighted by Gasteiger charge is -2.26. The molecule has 1 N–H and O–H groups in total. The first-order valence-electron chi connectivity index (χ1n) is 7.93. The summed E-state index contributed by atoms with van der Waals surface area (Å²) in [6.45, 7) is 7.69. The van der Waals surface area contributed by atoms with Crippen LogP contribution < -0.4 is 10.2 Å². The van der Waals surface area contributed by atoms with Crippen LogP contribution in [0.5, 0.6) is 0 Å². The van der Waals surface area contributed by atoms with Gasteiger partial charge in [-0.25, -0.2) is 0 Å². The van der Waals surface area contributed by atoms with Crippen LogP contribution in [0.15, 0.2) is 48.5 Å². The zero-order valence-electron chi connectivity index (χ0n) is 13.0. The molecule has 1 aliphatic heterocycles. The largest absolute Gasteiger partial charge is 0.384 e.